The highest BCUT2D eigenvalue weighted by molar-refractivity contribution is 5.03. The van der Waals surface area contributed by atoms with E-state index in [0.29, 0.717) is 0 Å². The molecule has 0 aliphatic heterocycles. The minimum atomic E-state index is 0.923. The number of rotatable bonds is 5. The molecule has 1 aromatic heterocycles. The van der Waals surface area contributed by atoms with E-state index >= 15 is 0 Å². The molecule has 1 heterocycles. The zero-order chi connectivity index (χ0) is 9.52. The Labute approximate surface area is 79.8 Å². The van der Waals surface area contributed by atoms with Gasteiger partial charge in [-0.15, -0.1) is 0 Å². The number of pyridine rings is 1. The lowest BCUT2D eigenvalue weighted by molar-refractivity contribution is 0.320. The van der Waals surface area contributed by atoms with Crippen LogP contribution in [0.25, 0.3) is 0 Å². The molecule has 1 N–H and O–H groups in total. The van der Waals surface area contributed by atoms with Crippen LogP contribution in [0.3, 0.4) is 0 Å². The molecule has 13 heavy (non-hydrogen) atoms. The lowest BCUT2D eigenvalue weighted by atomic mass is 10.2. The Balaban J connectivity index is 2.27. The summed E-state index contributed by atoms with van der Waals surface area (Å²) in [5, 5.41) is 3.11. The number of hydrogen-bond acceptors (Lipinski definition) is 3. The molecule has 0 aromatic carbocycles. The van der Waals surface area contributed by atoms with E-state index in [1.54, 1.807) is 0 Å². The minimum absolute atomic E-state index is 0.923. The summed E-state index contributed by atoms with van der Waals surface area (Å²) >= 11 is 0. The molecule has 0 saturated carbocycles. The van der Waals surface area contributed by atoms with E-state index in [2.05, 4.69) is 28.3 Å². The number of aromatic nitrogens is 1. The monoisotopic (exact) mass is 179 g/mol. The molecule has 0 bridgehead atoms. The lowest BCUT2D eigenvalue weighted by Gasteiger charge is -2.14. The Kier molecular flexibility index (Phi) is 4.43. The second kappa shape index (κ2) is 5.67. The molecule has 0 radical (unpaired) electrons. The largest absolute Gasteiger partial charge is 0.307 e. The summed E-state index contributed by atoms with van der Waals surface area (Å²) in [4.78, 5) is 6.49. The Morgan fingerprint density at radius 3 is 2.92 bits per heavy atom. The summed E-state index contributed by atoms with van der Waals surface area (Å²) in [7, 11) is 4.05. The number of nitrogens with one attached hydrogen (secondary N) is 1. The third-order valence-corrected chi connectivity index (χ3v) is 1.90. The minimum Gasteiger partial charge on any atom is -0.307 e. The molecule has 0 atom stereocenters. The molecule has 0 amide bonds. The van der Waals surface area contributed by atoms with Crippen molar-refractivity contribution in [1.29, 1.82) is 0 Å². The van der Waals surface area contributed by atoms with Crippen LogP contribution in [0.15, 0.2) is 24.4 Å². The van der Waals surface area contributed by atoms with Gasteiger partial charge in [0.2, 0.25) is 0 Å². The molecule has 0 aliphatic carbocycles. The van der Waals surface area contributed by atoms with Crippen molar-refractivity contribution in [2.45, 2.75) is 6.42 Å². The Morgan fingerprint density at radius 1 is 1.46 bits per heavy atom. The van der Waals surface area contributed by atoms with Crippen molar-refractivity contribution in [1.82, 2.24) is 15.2 Å². The van der Waals surface area contributed by atoms with E-state index in [0.717, 1.165) is 25.3 Å². The fourth-order valence-electron chi connectivity index (χ4n) is 1.20. The second-order valence-corrected chi connectivity index (χ2v) is 3.16. The molecular formula is C10H17N3. The van der Waals surface area contributed by atoms with Crippen molar-refractivity contribution in [2.75, 3.05) is 27.3 Å². The Bertz CT molecular complexity index is 223. The highest BCUT2D eigenvalue weighted by atomic mass is 15.2. The van der Waals surface area contributed by atoms with Crippen molar-refractivity contribution < 1.29 is 0 Å². The van der Waals surface area contributed by atoms with Gasteiger partial charge in [0.05, 0.1) is 0 Å². The van der Waals surface area contributed by atoms with Crippen molar-refractivity contribution in [3.63, 3.8) is 0 Å². The van der Waals surface area contributed by atoms with Gasteiger partial charge in [-0.25, -0.2) is 0 Å². The van der Waals surface area contributed by atoms with Crippen LogP contribution in [0.1, 0.15) is 5.69 Å². The molecule has 0 saturated heterocycles. The smallest absolute Gasteiger partial charge is 0.0475 e. The zero-order valence-electron chi connectivity index (χ0n) is 8.33. The van der Waals surface area contributed by atoms with E-state index in [1.807, 2.05) is 25.4 Å². The molecule has 1 rings (SSSR count). The number of hydrogen-bond donors (Lipinski definition) is 1. The van der Waals surface area contributed by atoms with Crippen LogP contribution in [0.4, 0.5) is 0 Å². The maximum Gasteiger partial charge on any atom is 0.0475 e. The van der Waals surface area contributed by atoms with Gasteiger partial charge < -0.3 is 5.32 Å². The van der Waals surface area contributed by atoms with Crippen LogP contribution in [-0.4, -0.2) is 37.2 Å². The predicted molar refractivity (Wildman–Crippen MR) is 54.5 cm³/mol. The zero-order valence-corrected chi connectivity index (χ0v) is 8.33. The summed E-state index contributed by atoms with van der Waals surface area (Å²) in [6.45, 7) is 1.96. The van der Waals surface area contributed by atoms with Crippen LogP contribution in [0, 0.1) is 0 Å². The molecule has 3 heteroatoms. The van der Waals surface area contributed by atoms with Gasteiger partial charge in [0.1, 0.15) is 0 Å². The predicted octanol–water partition coefficient (Wildman–Crippen LogP) is 0.733. The van der Waals surface area contributed by atoms with Crippen LogP contribution in [0.2, 0.25) is 0 Å². The van der Waals surface area contributed by atoms with Crippen LogP contribution in [-0.2, 0) is 6.42 Å². The second-order valence-electron chi connectivity index (χ2n) is 3.16. The number of likely N-dealkylation sites (N-methyl/N-ethyl adjacent to an activating group) is 1. The summed E-state index contributed by atoms with van der Waals surface area (Å²) in [5.74, 6) is 0. The third kappa shape index (κ3) is 4.01. The average Bonchev–Trinajstić information content (AvgIpc) is 2.17. The molecule has 0 fully saturated rings. The summed E-state index contributed by atoms with van der Waals surface area (Å²) in [5.41, 5.74) is 1.16. The van der Waals surface area contributed by atoms with Crippen molar-refractivity contribution in [3.05, 3.63) is 30.1 Å². The third-order valence-electron chi connectivity index (χ3n) is 1.90. The first kappa shape index (κ1) is 10.2. The Morgan fingerprint density at radius 2 is 2.31 bits per heavy atom. The molecule has 0 unspecified atom stereocenters. The van der Waals surface area contributed by atoms with Gasteiger partial charge >= 0.3 is 0 Å². The van der Waals surface area contributed by atoms with Gasteiger partial charge in [-0.05, 0) is 26.2 Å². The van der Waals surface area contributed by atoms with Crippen molar-refractivity contribution >= 4 is 0 Å². The maximum atomic E-state index is 4.26. The molecular weight excluding hydrogens is 162 g/mol. The molecule has 3 nitrogen and oxygen atoms in total. The van der Waals surface area contributed by atoms with Crippen LogP contribution < -0.4 is 5.32 Å². The molecule has 72 valence electrons. The van der Waals surface area contributed by atoms with Gasteiger partial charge in [-0.1, -0.05) is 6.07 Å². The van der Waals surface area contributed by atoms with Crippen molar-refractivity contribution in [3.8, 4) is 0 Å². The van der Waals surface area contributed by atoms with Crippen LogP contribution >= 0.6 is 0 Å². The van der Waals surface area contributed by atoms with Crippen LogP contribution in [0.5, 0.6) is 0 Å². The van der Waals surface area contributed by atoms with Gasteiger partial charge in [0.15, 0.2) is 0 Å². The molecule has 0 aliphatic rings. The summed E-state index contributed by atoms with van der Waals surface area (Å²) < 4.78 is 0. The van der Waals surface area contributed by atoms with E-state index < -0.39 is 0 Å². The normalized spacial score (nSPS) is 10.7. The van der Waals surface area contributed by atoms with E-state index in [9.17, 15) is 0 Å². The Hall–Kier alpha value is -0.930. The highest BCUT2D eigenvalue weighted by Crippen LogP contribution is 1.95. The molecule has 1 aromatic rings. The average molecular weight is 179 g/mol. The fourth-order valence-corrected chi connectivity index (χ4v) is 1.20. The van der Waals surface area contributed by atoms with Gasteiger partial charge in [-0.3, -0.25) is 9.88 Å². The quantitative estimate of drug-likeness (QED) is 0.675. The fraction of sp³-hybridized carbons (Fsp3) is 0.500. The maximum absolute atomic E-state index is 4.26. The highest BCUT2D eigenvalue weighted by Gasteiger charge is 1.97. The first-order valence-electron chi connectivity index (χ1n) is 4.56. The lowest BCUT2D eigenvalue weighted by Crippen LogP contribution is -2.30. The summed E-state index contributed by atoms with van der Waals surface area (Å²) in [6, 6.07) is 6.04. The van der Waals surface area contributed by atoms with E-state index in [-0.39, 0.29) is 0 Å². The SMILES string of the molecule is CNCN(C)CCc1ccccn1. The van der Waals surface area contributed by atoms with E-state index in [4.69, 9.17) is 0 Å². The molecule has 0 spiro atoms. The van der Waals surface area contributed by atoms with Crippen molar-refractivity contribution in [2.24, 2.45) is 0 Å². The number of nitrogens with zero attached hydrogens (tertiary/aromatic N) is 2. The topological polar surface area (TPSA) is 28.2 Å². The van der Waals surface area contributed by atoms with Gasteiger partial charge in [-0.2, -0.15) is 0 Å². The standard InChI is InChI=1S/C10H17N3/c1-11-9-13(2)8-6-10-5-3-4-7-12-10/h3-5,7,11H,6,8-9H2,1-2H3. The van der Waals surface area contributed by atoms with E-state index in [1.165, 1.54) is 0 Å². The first-order valence-corrected chi connectivity index (χ1v) is 4.56. The van der Waals surface area contributed by atoms with Gasteiger partial charge in [0, 0.05) is 31.5 Å². The van der Waals surface area contributed by atoms with Gasteiger partial charge in [0.25, 0.3) is 0 Å². The first-order chi connectivity index (χ1) is 6.33. The summed E-state index contributed by atoms with van der Waals surface area (Å²) in [6.07, 6.45) is 2.85.